The van der Waals surface area contributed by atoms with E-state index in [1.807, 2.05) is 26.0 Å². The summed E-state index contributed by atoms with van der Waals surface area (Å²) in [7, 11) is 0. The SMILES string of the molecule is CC.NOCc1cccnc1. The predicted octanol–water partition coefficient (Wildman–Crippen LogP) is 1.50. The topological polar surface area (TPSA) is 48.1 Å². The Bertz CT molecular complexity index is 165. The number of pyridine rings is 1. The Morgan fingerprint density at radius 2 is 2.27 bits per heavy atom. The van der Waals surface area contributed by atoms with Crippen molar-refractivity contribution in [2.75, 3.05) is 0 Å². The molecule has 0 unspecified atom stereocenters. The number of nitrogens with zero attached hydrogens (tertiary/aromatic N) is 1. The van der Waals surface area contributed by atoms with E-state index < -0.39 is 0 Å². The fourth-order valence-electron chi connectivity index (χ4n) is 0.580. The van der Waals surface area contributed by atoms with Crippen LogP contribution in [-0.2, 0) is 11.4 Å². The lowest BCUT2D eigenvalue weighted by atomic mass is 10.3. The summed E-state index contributed by atoms with van der Waals surface area (Å²) in [5.41, 5.74) is 0.986. The van der Waals surface area contributed by atoms with Crippen molar-refractivity contribution in [3.8, 4) is 0 Å². The van der Waals surface area contributed by atoms with Crippen molar-refractivity contribution in [1.29, 1.82) is 0 Å². The Hall–Kier alpha value is -0.930. The maximum Gasteiger partial charge on any atom is 0.0944 e. The Morgan fingerprint density at radius 1 is 1.55 bits per heavy atom. The van der Waals surface area contributed by atoms with Gasteiger partial charge < -0.3 is 0 Å². The smallest absolute Gasteiger partial charge is 0.0944 e. The maximum atomic E-state index is 4.83. The van der Waals surface area contributed by atoms with Crippen molar-refractivity contribution in [2.45, 2.75) is 20.5 Å². The summed E-state index contributed by atoms with van der Waals surface area (Å²) in [5, 5.41) is 0. The van der Waals surface area contributed by atoms with Gasteiger partial charge in [-0.2, -0.15) is 0 Å². The molecule has 11 heavy (non-hydrogen) atoms. The predicted molar refractivity (Wildman–Crippen MR) is 44.6 cm³/mol. The lowest BCUT2D eigenvalue weighted by molar-refractivity contribution is 0.124. The van der Waals surface area contributed by atoms with E-state index in [1.54, 1.807) is 12.4 Å². The van der Waals surface area contributed by atoms with Crippen molar-refractivity contribution < 1.29 is 4.84 Å². The first-order valence-corrected chi connectivity index (χ1v) is 3.64. The highest BCUT2D eigenvalue weighted by molar-refractivity contribution is 5.06. The molecule has 0 aliphatic rings. The monoisotopic (exact) mass is 154 g/mol. The second kappa shape index (κ2) is 7.18. The maximum absolute atomic E-state index is 4.83. The van der Waals surface area contributed by atoms with Crippen molar-refractivity contribution in [2.24, 2.45) is 5.90 Å². The van der Waals surface area contributed by atoms with Gasteiger partial charge in [-0.15, -0.1) is 0 Å². The van der Waals surface area contributed by atoms with E-state index in [4.69, 9.17) is 5.90 Å². The van der Waals surface area contributed by atoms with Crippen molar-refractivity contribution in [1.82, 2.24) is 4.98 Å². The van der Waals surface area contributed by atoms with Crippen LogP contribution in [0.25, 0.3) is 0 Å². The molecule has 0 amide bonds. The minimum atomic E-state index is 0.424. The second-order valence-electron chi connectivity index (χ2n) is 1.67. The zero-order valence-corrected chi connectivity index (χ0v) is 6.95. The van der Waals surface area contributed by atoms with E-state index in [9.17, 15) is 0 Å². The van der Waals surface area contributed by atoms with E-state index in [0.29, 0.717) is 6.61 Å². The summed E-state index contributed by atoms with van der Waals surface area (Å²) in [6, 6.07) is 3.74. The Morgan fingerprint density at radius 3 is 2.73 bits per heavy atom. The Labute approximate surface area is 67.2 Å². The molecule has 0 bridgehead atoms. The van der Waals surface area contributed by atoms with Gasteiger partial charge in [0.05, 0.1) is 6.61 Å². The highest BCUT2D eigenvalue weighted by atomic mass is 16.6. The van der Waals surface area contributed by atoms with Gasteiger partial charge in [-0.05, 0) is 11.6 Å². The summed E-state index contributed by atoms with van der Waals surface area (Å²) in [6.07, 6.45) is 3.42. The summed E-state index contributed by atoms with van der Waals surface area (Å²) >= 11 is 0. The van der Waals surface area contributed by atoms with Crippen LogP contribution in [0.5, 0.6) is 0 Å². The number of hydrogen-bond donors (Lipinski definition) is 1. The Balaban J connectivity index is 0.000000461. The van der Waals surface area contributed by atoms with Gasteiger partial charge in [0.1, 0.15) is 0 Å². The van der Waals surface area contributed by atoms with E-state index >= 15 is 0 Å². The van der Waals surface area contributed by atoms with Crippen LogP contribution < -0.4 is 5.90 Å². The molecule has 1 aromatic heterocycles. The molecular formula is C8H14N2O. The average Bonchev–Trinajstić information content (AvgIpc) is 2.11. The van der Waals surface area contributed by atoms with Crippen LogP contribution >= 0.6 is 0 Å². The third-order valence-electron chi connectivity index (χ3n) is 0.973. The first kappa shape index (κ1) is 10.1. The molecule has 0 fully saturated rings. The molecule has 0 saturated carbocycles. The van der Waals surface area contributed by atoms with Gasteiger partial charge in [0, 0.05) is 12.4 Å². The molecule has 0 spiro atoms. The molecule has 1 rings (SSSR count). The van der Waals surface area contributed by atoms with Gasteiger partial charge in [-0.1, -0.05) is 19.9 Å². The molecule has 0 radical (unpaired) electrons. The van der Waals surface area contributed by atoms with Gasteiger partial charge in [0.2, 0.25) is 0 Å². The molecule has 62 valence electrons. The molecule has 0 aliphatic carbocycles. The molecule has 0 atom stereocenters. The van der Waals surface area contributed by atoms with Crippen LogP contribution in [0.3, 0.4) is 0 Å². The minimum absolute atomic E-state index is 0.424. The molecular weight excluding hydrogens is 140 g/mol. The normalized spacial score (nSPS) is 8.27. The van der Waals surface area contributed by atoms with Crippen LogP contribution in [0.2, 0.25) is 0 Å². The van der Waals surface area contributed by atoms with E-state index in [-0.39, 0.29) is 0 Å². The molecule has 0 saturated heterocycles. The molecule has 2 N–H and O–H groups in total. The molecule has 3 heteroatoms. The third-order valence-corrected chi connectivity index (χ3v) is 0.973. The molecule has 0 aliphatic heterocycles. The summed E-state index contributed by atoms with van der Waals surface area (Å²) in [5.74, 6) is 4.83. The van der Waals surface area contributed by atoms with Crippen molar-refractivity contribution >= 4 is 0 Å². The fourth-order valence-corrected chi connectivity index (χ4v) is 0.580. The largest absolute Gasteiger partial charge is 0.300 e. The van der Waals surface area contributed by atoms with Gasteiger partial charge >= 0.3 is 0 Å². The van der Waals surface area contributed by atoms with E-state index in [2.05, 4.69) is 9.82 Å². The first-order valence-electron chi connectivity index (χ1n) is 3.64. The number of hydrogen-bond acceptors (Lipinski definition) is 3. The van der Waals surface area contributed by atoms with Crippen LogP contribution in [0.15, 0.2) is 24.5 Å². The average molecular weight is 154 g/mol. The van der Waals surface area contributed by atoms with Crippen molar-refractivity contribution in [3.05, 3.63) is 30.1 Å². The molecule has 1 heterocycles. The highest BCUT2D eigenvalue weighted by Gasteiger charge is 1.86. The van der Waals surface area contributed by atoms with E-state index in [1.165, 1.54) is 0 Å². The van der Waals surface area contributed by atoms with Gasteiger partial charge in [-0.3, -0.25) is 9.82 Å². The van der Waals surface area contributed by atoms with E-state index in [0.717, 1.165) is 5.56 Å². The van der Waals surface area contributed by atoms with Crippen LogP contribution in [0.4, 0.5) is 0 Å². The van der Waals surface area contributed by atoms with Gasteiger partial charge in [0.15, 0.2) is 0 Å². The number of nitrogens with two attached hydrogens (primary N) is 1. The molecule has 0 aromatic carbocycles. The lowest BCUT2D eigenvalue weighted by Crippen LogP contribution is -1.98. The summed E-state index contributed by atoms with van der Waals surface area (Å²) in [6.45, 7) is 4.42. The highest BCUT2D eigenvalue weighted by Crippen LogP contribution is 1.94. The van der Waals surface area contributed by atoms with Crippen LogP contribution in [0, 0.1) is 0 Å². The zero-order chi connectivity index (χ0) is 8.53. The minimum Gasteiger partial charge on any atom is -0.300 e. The summed E-state index contributed by atoms with van der Waals surface area (Å²) in [4.78, 5) is 8.26. The third kappa shape index (κ3) is 4.47. The Kier molecular flexibility index (Phi) is 6.57. The number of aromatic nitrogens is 1. The van der Waals surface area contributed by atoms with Gasteiger partial charge in [0.25, 0.3) is 0 Å². The lowest BCUT2D eigenvalue weighted by Gasteiger charge is -1.94. The van der Waals surface area contributed by atoms with Crippen molar-refractivity contribution in [3.63, 3.8) is 0 Å². The standard InChI is InChI=1S/C6H8N2O.C2H6/c7-9-5-6-2-1-3-8-4-6;1-2/h1-4H,5,7H2;1-2H3. The molecule has 1 aromatic rings. The first-order chi connectivity index (χ1) is 5.43. The fraction of sp³-hybridized carbons (Fsp3) is 0.375. The van der Waals surface area contributed by atoms with Crippen LogP contribution in [0.1, 0.15) is 19.4 Å². The number of rotatable bonds is 2. The van der Waals surface area contributed by atoms with Crippen LogP contribution in [-0.4, -0.2) is 4.98 Å². The quantitative estimate of drug-likeness (QED) is 0.657. The zero-order valence-electron chi connectivity index (χ0n) is 6.95. The summed E-state index contributed by atoms with van der Waals surface area (Å²) < 4.78 is 0. The second-order valence-corrected chi connectivity index (χ2v) is 1.67. The van der Waals surface area contributed by atoms with Gasteiger partial charge in [-0.25, -0.2) is 5.90 Å². The molecule has 3 nitrogen and oxygen atoms in total.